The number of carbonyl (C=O) groups excluding carboxylic acids is 2. The molecule has 3 unspecified atom stereocenters. The fourth-order valence-electron chi connectivity index (χ4n) is 4.91. The minimum Gasteiger partial charge on any atom is -0.465 e. The van der Waals surface area contributed by atoms with Crippen LogP contribution < -0.4 is 0 Å². The summed E-state index contributed by atoms with van der Waals surface area (Å²) in [5, 5.41) is 0. The molecule has 0 saturated heterocycles. The zero-order valence-corrected chi connectivity index (χ0v) is 22.9. The summed E-state index contributed by atoms with van der Waals surface area (Å²) in [7, 11) is 0. The lowest BCUT2D eigenvalue weighted by atomic mass is 9.73. The Kier molecular flexibility index (Phi) is 18.0. The van der Waals surface area contributed by atoms with Crippen LogP contribution in [-0.2, 0) is 19.1 Å². The van der Waals surface area contributed by atoms with Gasteiger partial charge in [0.15, 0.2) is 0 Å². The molecule has 0 N–H and O–H groups in total. The highest BCUT2D eigenvalue weighted by molar-refractivity contribution is 5.83. The number of rotatable bonds is 20. The molecule has 0 radical (unpaired) electrons. The first-order chi connectivity index (χ1) is 16.5. The van der Waals surface area contributed by atoms with Gasteiger partial charge in [-0.3, -0.25) is 9.59 Å². The monoisotopic (exact) mass is 478 g/mol. The van der Waals surface area contributed by atoms with E-state index < -0.39 is 11.8 Å². The number of allylic oxidation sites excluding steroid dienone is 2. The number of hydrogen-bond acceptors (Lipinski definition) is 4. The van der Waals surface area contributed by atoms with E-state index in [-0.39, 0.29) is 17.9 Å². The van der Waals surface area contributed by atoms with Gasteiger partial charge in [-0.2, -0.15) is 0 Å². The molecule has 34 heavy (non-hydrogen) atoms. The number of unbranched alkanes of at least 4 members (excludes halogenated alkanes) is 14. The summed E-state index contributed by atoms with van der Waals surface area (Å²) in [5.74, 6) is -1.28. The third-order valence-electron chi connectivity index (χ3n) is 7.44. The van der Waals surface area contributed by atoms with Crippen molar-refractivity contribution in [1.29, 1.82) is 0 Å². The lowest BCUT2D eigenvalue weighted by Gasteiger charge is -2.32. The van der Waals surface area contributed by atoms with Gasteiger partial charge in [-0.1, -0.05) is 122 Å². The van der Waals surface area contributed by atoms with Crippen molar-refractivity contribution in [3.05, 3.63) is 11.6 Å². The summed E-state index contributed by atoms with van der Waals surface area (Å²) < 4.78 is 11.3. The number of hydrogen-bond donors (Lipinski definition) is 0. The summed E-state index contributed by atoms with van der Waals surface area (Å²) in [6.45, 7) is 9.47. The Morgan fingerprint density at radius 1 is 0.706 bits per heavy atom. The molecule has 0 fully saturated rings. The van der Waals surface area contributed by atoms with Crippen molar-refractivity contribution >= 4 is 11.9 Å². The molecule has 1 aliphatic carbocycles. The minimum atomic E-state index is -0.426. The third-order valence-corrected chi connectivity index (χ3v) is 7.44. The van der Waals surface area contributed by atoms with Crippen LogP contribution in [-0.4, -0.2) is 25.2 Å². The van der Waals surface area contributed by atoms with Crippen molar-refractivity contribution in [3.8, 4) is 0 Å². The standard InChI is InChI=1S/C30H54O4/c1-5-7-9-11-13-15-17-19-23-33-29(31)27-22-21-25(3)26(4)28(27)30(32)34-24-20-18-16-14-12-10-8-6-2/h21,26-28H,5-20,22-24H2,1-4H3. The summed E-state index contributed by atoms with van der Waals surface area (Å²) in [5.41, 5.74) is 1.17. The molecule has 0 saturated carbocycles. The predicted octanol–water partition coefficient (Wildman–Crippen LogP) is 8.57. The molecule has 1 rings (SSSR count). The maximum Gasteiger partial charge on any atom is 0.310 e. The molecule has 0 heterocycles. The van der Waals surface area contributed by atoms with E-state index in [9.17, 15) is 9.59 Å². The molecule has 0 bridgehead atoms. The van der Waals surface area contributed by atoms with E-state index in [4.69, 9.17) is 9.47 Å². The van der Waals surface area contributed by atoms with Gasteiger partial charge in [-0.15, -0.1) is 0 Å². The lowest BCUT2D eigenvalue weighted by molar-refractivity contribution is -0.163. The molecule has 3 atom stereocenters. The van der Waals surface area contributed by atoms with Crippen molar-refractivity contribution in [1.82, 2.24) is 0 Å². The molecule has 4 nitrogen and oxygen atoms in total. The zero-order valence-electron chi connectivity index (χ0n) is 22.9. The van der Waals surface area contributed by atoms with Crippen molar-refractivity contribution in [2.45, 2.75) is 137 Å². The van der Waals surface area contributed by atoms with Crippen LogP contribution in [0.3, 0.4) is 0 Å². The molecule has 0 aliphatic heterocycles. The number of ether oxygens (including phenoxy) is 2. The molecule has 4 heteroatoms. The molecule has 0 aromatic heterocycles. The van der Waals surface area contributed by atoms with Crippen LogP contribution in [0, 0.1) is 17.8 Å². The van der Waals surface area contributed by atoms with Crippen molar-refractivity contribution in [2.24, 2.45) is 17.8 Å². The maximum atomic E-state index is 12.9. The van der Waals surface area contributed by atoms with Crippen molar-refractivity contribution in [3.63, 3.8) is 0 Å². The molecule has 198 valence electrons. The van der Waals surface area contributed by atoms with E-state index in [1.54, 1.807) is 0 Å². The van der Waals surface area contributed by atoms with Crippen LogP contribution in [0.4, 0.5) is 0 Å². The van der Waals surface area contributed by atoms with Gasteiger partial charge in [0.05, 0.1) is 25.0 Å². The first-order valence-corrected chi connectivity index (χ1v) is 14.5. The van der Waals surface area contributed by atoms with Gasteiger partial charge in [0.1, 0.15) is 0 Å². The summed E-state index contributed by atoms with van der Waals surface area (Å²) in [6, 6.07) is 0. The second-order valence-corrected chi connectivity index (χ2v) is 10.4. The van der Waals surface area contributed by atoms with Crippen LogP contribution in [0.1, 0.15) is 137 Å². The molecule has 0 aromatic rings. The average Bonchev–Trinajstić information content (AvgIpc) is 2.83. The van der Waals surface area contributed by atoms with Gasteiger partial charge in [0, 0.05) is 0 Å². The maximum absolute atomic E-state index is 12.9. The second-order valence-electron chi connectivity index (χ2n) is 10.4. The van der Waals surface area contributed by atoms with Gasteiger partial charge in [-0.25, -0.2) is 0 Å². The Morgan fingerprint density at radius 2 is 1.12 bits per heavy atom. The van der Waals surface area contributed by atoms with E-state index in [1.807, 2.05) is 13.8 Å². The average molecular weight is 479 g/mol. The number of esters is 2. The van der Waals surface area contributed by atoms with Gasteiger partial charge in [0.2, 0.25) is 0 Å². The highest BCUT2D eigenvalue weighted by atomic mass is 16.5. The second kappa shape index (κ2) is 19.9. The minimum absolute atomic E-state index is 0.0143. The highest BCUT2D eigenvalue weighted by Gasteiger charge is 2.42. The Bertz CT molecular complexity index is 568. The van der Waals surface area contributed by atoms with E-state index in [0.29, 0.717) is 19.6 Å². The number of carbonyl (C=O) groups is 2. The Hall–Kier alpha value is -1.32. The fraction of sp³-hybridized carbons (Fsp3) is 0.867. The molecule has 0 aromatic carbocycles. The molecular weight excluding hydrogens is 424 g/mol. The van der Waals surface area contributed by atoms with Crippen molar-refractivity contribution in [2.75, 3.05) is 13.2 Å². The smallest absolute Gasteiger partial charge is 0.310 e. The highest BCUT2D eigenvalue weighted by Crippen LogP contribution is 2.36. The third kappa shape index (κ3) is 13.0. The lowest BCUT2D eigenvalue weighted by Crippen LogP contribution is -2.39. The van der Waals surface area contributed by atoms with Crippen LogP contribution in [0.15, 0.2) is 11.6 Å². The van der Waals surface area contributed by atoms with Crippen LogP contribution >= 0.6 is 0 Å². The zero-order chi connectivity index (χ0) is 25.0. The molecule has 1 aliphatic rings. The largest absolute Gasteiger partial charge is 0.465 e. The van der Waals surface area contributed by atoms with E-state index in [2.05, 4.69) is 19.9 Å². The Morgan fingerprint density at radius 3 is 1.59 bits per heavy atom. The van der Waals surface area contributed by atoms with E-state index in [1.165, 1.54) is 82.6 Å². The Balaban J connectivity index is 2.33. The van der Waals surface area contributed by atoms with Crippen LogP contribution in [0.25, 0.3) is 0 Å². The Labute approximate surface area is 210 Å². The summed E-state index contributed by atoms with van der Waals surface area (Å²) >= 11 is 0. The van der Waals surface area contributed by atoms with Gasteiger partial charge >= 0.3 is 11.9 Å². The van der Waals surface area contributed by atoms with E-state index in [0.717, 1.165) is 25.7 Å². The molecular formula is C30H54O4. The SMILES string of the molecule is CCCCCCCCCCOC(=O)C1CC=C(C)C(C)C1C(=O)OCCCCCCCCCC. The molecule has 0 amide bonds. The topological polar surface area (TPSA) is 52.6 Å². The summed E-state index contributed by atoms with van der Waals surface area (Å²) in [4.78, 5) is 25.8. The van der Waals surface area contributed by atoms with E-state index >= 15 is 0 Å². The quantitative estimate of drug-likeness (QED) is 0.0998. The fourth-order valence-corrected chi connectivity index (χ4v) is 4.91. The summed E-state index contributed by atoms with van der Waals surface area (Å²) in [6.07, 6.45) is 22.1. The van der Waals surface area contributed by atoms with Crippen LogP contribution in [0.2, 0.25) is 0 Å². The van der Waals surface area contributed by atoms with Gasteiger partial charge < -0.3 is 9.47 Å². The first kappa shape index (κ1) is 30.7. The van der Waals surface area contributed by atoms with Crippen molar-refractivity contribution < 1.29 is 19.1 Å². The van der Waals surface area contributed by atoms with Gasteiger partial charge in [0.25, 0.3) is 0 Å². The first-order valence-electron chi connectivity index (χ1n) is 14.5. The molecule has 0 spiro atoms. The van der Waals surface area contributed by atoms with Crippen LogP contribution in [0.5, 0.6) is 0 Å². The predicted molar refractivity (Wildman–Crippen MR) is 142 cm³/mol. The normalized spacial score (nSPS) is 20.1. The van der Waals surface area contributed by atoms with Gasteiger partial charge in [-0.05, 0) is 32.1 Å².